The fraction of sp³-hybridized carbons (Fsp3) is 0.324. The topological polar surface area (TPSA) is 326 Å². The summed E-state index contributed by atoms with van der Waals surface area (Å²) in [6.07, 6.45) is -11.6. The molecule has 3 saturated heterocycles. The van der Waals surface area contributed by atoms with E-state index >= 15 is 0 Å². The van der Waals surface area contributed by atoms with Gasteiger partial charge in [0, 0.05) is 103 Å². The number of halogens is 16. The normalized spacial score (nSPS) is 20.3. The Hall–Kier alpha value is -9.91. The van der Waals surface area contributed by atoms with Gasteiger partial charge in [-0.15, -0.1) is 12.4 Å². The number of carbonyl (C=O) groups excluding carboxylic acids is 2. The Labute approximate surface area is 641 Å². The number of carbonyl (C=O) groups is 3. The summed E-state index contributed by atoms with van der Waals surface area (Å²) in [6, 6.07) is 19.0. The molecule has 0 saturated carbocycles. The van der Waals surface area contributed by atoms with E-state index in [9.17, 15) is 105 Å². The predicted octanol–water partition coefficient (Wildman–Crippen LogP) is 12.2. The maximum absolute atomic E-state index is 14.6. The van der Waals surface area contributed by atoms with Crippen molar-refractivity contribution in [2.75, 3.05) is 19.6 Å². The van der Waals surface area contributed by atoms with Crippen molar-refractivity contribution in [1.82, 2.24) is 57.8 Å². The Morgan fingerprint density at radius 2 is 0.681 bits per heavy atom. The standard InChI is InChI=1S/2C24H21F5N4O3S.C12H13F2NO4S.C11H9F3N4.ClH/c2*1-14-19(26)12-33(37(35,36)18-6-3-16(25)4-7-18)23(14)21(34)8-5-17-10-20(32-13-31-17)15-2-9-22(30-11-15)24(27,28)29;1-7-10(14)6-15(11(7)12(16)17)20(18,19)9-4-2-8(13)3-5-9;12-11(13,14)10-2-1-7(5-16-10)9-3-8(4-15)17-6-18-9;/h2*2-4,6-7,9-11,13-14,19,23H,5,8,12H2,1H3;2-5,7,10-11H,6H2,1H3,(H,16,17);1-3,5-6H,4,15H2;1H/t14-,19-,23+;14-,19-,23-;7?,10?,11-;;/m000../s1. The molecule has 0 aliphatic carbocycles. The fourth-order valence-corrected chi connectivity index (χ4v) is 17.0. The van der Waals surface area contributed by atoms with Gasteiger partial charge in [-0.2, -0.15) is 52.4 Å². The third-order valence-corrected chi connectivity index (χ3v) is 23.6. The quantitative estimate of drug-likeness (QED) is 0.0710. The predicted molar refractivity (Wildman–Crippen MR) is 375 cm³/mol. The van der Waals surface area contributed by atoms with Crippen molar-refractivity contribution in [3.05, 3.63) is 217 Å². The maximum atomic E-state index is 14.6. The van der Waals surface area contributed by atoms with Gasteiger partial charge in [-0.05, 0) is 140 Å². The molecule has 12 rings (SSSR count). The van der Waals surface area contributed by atoms with E-state index in [0.29, 0.717) is 43.8 Å². The summed E-state index contributed by atoms with van der Waals surface area (Å²) in [5, 5.41) is 9.09. The number of ketones is 2. The first-order valence-electron chi connectivity index (χ1n) is 33.3. The fourth-order valence-electron chi connectivity index (χ4n) is 11.9. The Morgan fingerprint density at radius 3 is 0.938 bits per heavy atom. The lowest BCUT2D eigenvalue weighted by Gasteiger charge is -2.25. The maximum Gasteiger partial charge on any atom is 0.433 e. The molecule has 3 aliphatic rings. The average molecular weight is 1680 g/mol. The van der Waals surface area contributed by atoms with Gasteiger partial charge in [0.25, 0.3) is 0 Å². The molecule has 42 heteroatoms. The molecule has 0 radical (unpaired) electrons. The van der Waals surface area contributed by atoms with Crippen molar-refractivity contribution in [1.29, 1.82) is 0 Å². The number of aliphatic carboxylic acids is 1. The number of nitrogens with zero attached hydrogens (tertiary/aromatic N) is 12. The third-order valence-electron chi connectivity index (χ3n) is 18.1. The van der Waals surface area contributed by atoms with Gasteiger partial charge in [0.1, 0.15) is 78.1 Å². The van der Waals surface area contributed by atoms with Crippen LogP contribution in [-0.2, 0) is 82.4 Å². The van der Waals surface area contributed by atoms with Crippen LogP contribution >= 0.6 is 12.4 Å². The molecular weight excluding hydrogens is 1610 g/mol. The first kappa shape index (κ1) is 88.7. The molecule has 3 aliphatic heterocycles. The highest BCUT2D eigenvalue weighted by atomic mass is 35.5. The van der Waals surface area contributed by atoms with E-state index in [0.717, 1.165) is 118 Å². The molecule has 3 N–H and O–H groups in total. The Balaban J connectivity index is 0.000000197. The zero-order valence-electron chi connectivity index (χ0n) is 58.8. The molecule has 6 aromatic heterocycles. The van der Waals surface area contributed by atoms with Gasteiger partial charge in [-0.3, -0.25) is 29.3 Å². The second-order valence-electron chi connectivity index (χ2n) is 25.5. The molecule has 3 fully saturated rings. The lowest BCUT2D eigenvalue weighted by molar-refractivity contribution is -0.142. The number of pyridine rings is 3. The van der Waals surface area contributed by atoms with Crippen LogP contribution in [0.5, 0.6) is 0 Å². The van der Waals surface area contributed by atoms with E-state index < -0.39 is 175 Å². The van der Waals surface area contributed by atoms with E-state index in [-0.39, 0.29) is 70.7 Å². The molecule has 0 spiro atoms. The molecular formula is C71H65ClF15N13O10S3. The van der Waals surface area contributed by atoms with Crippen LogP contribution in [0.2, 0.25) is 0 Å². The van der Waals surface area contributed by atoms with Gasteiger partial charge in [0.2, 0.25) is 30.1 Å². The Bertz CT molecular complexity index is 4950. The van der Waals surface area contributed by atoms with Crippen LogP contribution in [0.4, 0.5) is 65.9 Å². The smallest absolute Gasteiger partial charge is 0.433 e. The highest BCUT2D eigenvalue weighted by Crippen LogP contribution is 2.38. The minimum atomic E-state index is -4.58. The Morgan fingerprint density at radius 1 is 0.416 bits per heavy atom. The van der Waals surface area contributed by atoms with E-state index in [4.69, 9.17) is 10.8 Å². The minimum Gasteiger partial charge on any atom is -0.480 e. The number of sulfonamides is 3. The zero-order chi connectivity index (χ0) is 82.2. The van der Waals surface area contributed by atoms with Crippen molar-refractivity contribution in [2.45, 2.75) is 123 Å². The van der Waals surface area contributed by atoms with Crippen molar-refractivity contribution < 1.29 is 111 Å². The lowest BCUT2D eigenvalue weighted by atomic mass is 9.95. The number of hydrogen-bond acceptors (Lipinski definition) is 19. The molecule has 23 nitrogen and oxygen atoms in total. The van der Waals surface area contributed by atoms with Crippen molar-refractivity contribution in [2.24, 2.45) is 23.5 Å². The van der Waals surface area contributed by atoms with E-state index in [1.165, 1.54) is 70.1 Å². The molecule has 0 amide bonds. The van der Waals surface area contributed by atoms with E-state index in [1.807, 2.05) is 0 Å². The second kappa shape index (κ2) is 36.5. The van der Waals surface area contributed by atoms with Gasteiger partial charge in [0.05, 0.1) is 49.5 Å². The van der Waals surface area contributed by atoms with Gasteiger partial charge in [-0.25, -0.2) is 81.5 Å². The van der Waals surface area contributed by atoms with Crippen LogP contribution < -0.4 is 5.73 Å². The number of aryl methyl sites for hydroxylation is 2. The zero-order valence-corrected chi connectivity index (χ0v) is 62.1. The van der Waals surface area contributed by atoms with Gasteiger partial charge >= 0.3 is 24.5 Å². The van der Waals surface area contributed by atoms with Crippen LogP contribution in [0, 0.1) is 35.2 Å². The number of alkyl halides is 12. The van der Waals surface area contributed by atoms with Crippen LogP contribution in [0.3, 0.4) is 0 Å². The number of benzene rings is 3. The highest BCUT2D eigenvalue weighted by Gasteiger charge is 2.52. The summed E-state index contributed by atoms with van der Waals surface area (Å²) in [5.74, 6) is -7.07. The molecule has 113 heavy (non-hydrogen) atoms. The monoisotopic (exact) mass is 1680 g/mol. The van der Waals surface area contributed by atoms with Crippen LogP contribution in [0.25, 0.3) is 33.8 Å². The summed E-state index contributed by atoms with van der Waals surface area (Å²) < 4.78 is 275. The van der Waals surface area contributed by atoms with E-state index in [1.54, 1.807) is 6.07 Å². The van der Waals surface area contributed by atoms with Gasteiger partial charge in [-0.1, -0.05) is 20.8 Å². The summed E-state index contributed by atoms with van der Waals surface area (Å²) in [7, 11) is -12.7. The third kappa shape index (κ3) is 21.5. The van der Waals surface area contributed by atoms with Gasteiger partial charge in [0.15, 0.2) is 11.6 Å². The molecule has 604 valence electrons. The summed E-state index contributed by atoms with van der Waals surface area (Å²) in [5.41, 5.74) is 5.95. The minimum absolute atomic E-state index is 0. The van der Waals surface area contributed by atoms with E-state index in [2.05, 4.69) is 44.9 Å². The largest absolute Gasteiger partial charge is 0.480 e. The van der Waals surface area contributed by atoms with Crippen molar-refractivity contribution in [3.8, 4) is 33.8 Å². The number of rotatable bonds is 19. The first-order chi connectivity index (χ1) is 52.5. The molecule has 9 atom stereocenters. The highest BCUT2D eigenvalue weighted by molar-refractivity contribution is 7.89. The number of Topliss-reactive ketones (excluding diaryl/α,β-unsaturated/α-hetero) is 2. The molecule has 9 aromatic rings. The van der Waals surface area contributed by atoms with Crippen molar-refractivity contribution in [3.63, 3.8) is 0 Å². The number of hydrogen-bond donors (Lipinski definition) is 2. The summed E-state index contributed by atoms with van der Waals surface area (Å²) in [6.45, 7) is 2.97. The Kier molecular flexibility index (Phi) is 28.6. The summed E-state index contributed by atoms with van der Waals surface area (Å²) >= 11 is 0. The molecule has 0 bridgehead atoms. The van der Waals surface area contributed by atoms with Crippen LogP contribution in [0.15, 0.2) is 180 Å². The lowest BCUT2D eigenvalue weighted by Crippen LogP contribution is -2.42. The summed E-state index contributed by atoms with van der Waals surface area (Å²) in [4.78, 5) is 70.9. The molecule has 9 heterocycles. The van der Waals surface area contributed by atoms with Crippen LogP contribution in [0.1, 0.15) is 67.8 Å². The van der Waals surface area contributed by atoms with Gasteiger partial charge < -0.3 is 10.8 Å². The molecule has 2 unspecified atom stereocenters. The SMILES string of the molecule is CC1C(F)CN(S(=O)(=O)c2ccc(F)cc2)[C@@H]1C(=O)O.C[C@@H]1[C@@H](C(=O)CCc2cc(-c3ccc(C(F)(F)F)nc3)ncn2)N(S(=O)(=O)c2ccc(F)cc2)C[C@@H]1F.C[C@H]1[C@@H](F)CN(S(=O)(=O)c2ccc(F)cc2)[C@H]1C(=O)CCc1cc(-c2ccc(C(F)(F)F)nc2)ncn1.Cl.NCc1cc(-c2ccc(C(F)(F)F)nc2)ncn1. The first-order valence-corrected chi connectivity index (χ1v) is 37.6. The number of carboxylic acids is 1. The average Bonchev–Trinajstić information content (AvgIpc) is 1.66. The van der Waals surface area contributed by atoms with Crippen molar-refractivity contribution >= 4 is 60.0 Å². The number of nitrogens with two attached hydrogens (primary N) is 1. The second-order valence-corrected chi connectivity index (χ2v) is 31.2. The van der Waals surface area contributed by atoms with Crippen LogP contribution in [-0.4, -0.2) is 162 Å². The number of aromatic nitrogens is 9. The number of carboxylic acid groups (broad SMARTS) is 1. The molecule has 3 aromatic carbocycles.